The Bertz CT molecular complexity index is 1320. The molecule has 0 bridgehead atoms. The van der Waals surface area contributed by atoms with E-state index in [1.54, 1.807) is 0 Å². The zero-order valence-electron chi connectivity index (χ0n) is 21.3. The lowest BCUT2D eigenvalue weighted by atomic mass is 9.76. The van der Waals surface area contributed by atoms with Crippen LogP contribution in [0.15, 0.2) is 42.5 Å². The van der Waals surface area contributed by atoms with Crippen molar-refractivity contribution in [2.45, 2.75) is 77.8 Å². The van der Waals surface area contributed by atoms with Gasteiger partial charge < -0.3 is 18.6 Å². The fraction of sp³-hybridized carbons (Fsp3) is 0.444. The second kappa shape index (κ2) is 7.32. The molecule has 5 rings (SSSR count). The first-order valence-corrected chi connectivity index (χ1v) is 11.9. The lowest BCUT2D eigenvalue weighted by Crippen LogP contribution is -2.41. The van der Waals surface area contributed by atoms with E-state index >= 15 is 0 Å². The van der Waals surface area contributed by atoms with Crippen LogP contribution in [0.2, 0.25) is 0 Å². The Morgan fingerprint density at radius 2 is 1.03 bits per heavy atom. The van der Waals surface area contributed by atoms with Crippen LogP contribution >= 0.6 is 0 Å². The van der Waals surface area contributed by atoms with E-state index in [0.29, 0.717) is 5.56 Å². The van der Waals surface area contributed by atoms with E-state index in [2.05, 4.69) is 30.3 Å². The predicted octanol–water partition coefficient (Wildman–Crippen LogP) is 4.46. The summed E-state index contributed by atoms with van der Waals surface area (Å²) < 4.78 is 24.9. The van der Waals surface area contributed by atoms with Gasteiger partial charge in [0.05, 0.1) is 34.0 Å². The number of fused-ring (bicyclic) bond motifs is 3. The molecule has 3 aromatic rings. The Morgan fingerprint density at radius 1 is 0.588 bits per heavy atom. The second-order valence-electron chi connectivity index (χ2n) is 11.5. The zero-order valence-corrected chi connectivity index (χ0v) is 21.3. The minimum Gasteiger partial charge on any atom is -0.399 e. The first-order valence-electron chi connectivity index (χ1n) is 11.9. The molecule has 2 aliphatic rings. The summed E-state index contributed by atoms with van der Waals surface area (Å²) in [7, 11) is -0.913. The van der Waals surface area contributed by atoms with Gasteiger partial charge in [-0.25, -0.2) is 0 Å². The van der Waals surface area contributed by atoms with Crippen LogP contribution in [-0.4, -0.2) is 36.6 Å². The minimum absolute atomic E-state index is 0.405. The Balaban J connectivity index is 1.57. The molecule has 174 valence electrons. The van der Waals surface area contributed by atoms with E-state index in [-0.39, 0.29) is 0 Å². The predicted molar refractivity (Wildman–Crippen MR) is 138 cm³/mol. The molecule has 5 nitrogen and oxygen atoms in total. The van der Waals surface area contributed by atoms with Crippen molar-refractivity contribution in [1.29, 1.82) is 5.26 Å². The van der Waals surface area contributed by atoms with E-state index in [9.17, 15) is 5.26 Å². The molecule has 2 heterocycles. The number of hydrogen-bond donors (Lipinski definition) is 0. The van der Waals surface area contributed by atoms with Crippen molar-refractivity contribution in [3.8, 4) is 6.07 Å². The first-order chi connectivity index (χ1) is 15.7. The highest BCUT2D eigenvalue weighted by atomic mass is 16.7. The summed E-state index contributed by atoms with van der Waals surface area (Å²) in [5.41, 5.74) is 0.830. The van der Waals surface area contributed by atoms with Crippen LogP contribution in [0.1, 0.15) is 61.0 Å². The molecule has 0 amide bonds. The average Bonchev–Trinajstić information content (AvgIpc) is 3.11. The molecule has 0 spiro atoms. The van der Waals surface area contributed by atoms with E-state index < -0.39 is 36.6 Å². The summed E-state index contributed by atoms with van der Waals surface area (Å²) in [5.74, 6) is 0. The van der Waals surface area contributed by atoms with Gasteiger partial charge in [-0.1, -0.05) is 36.4 Å². The molecule has 34 heavy (non-hydrogen) atoms. The highest BCUT2D eigenvalue weighted by molar-refractivity contribution is 6.63. The Hall–Kier alpha value is -2.36. The standard InChI is InChI=1S/C27H31B2NO4/c1-24(2)25(3,4)32-28(31-24)19-9-11-21-17(14-19)13-18(16-30)23-15-20(10-12-22(21)23)29-33-26(5,6)27(7,8)34-29/h9-15H,1-8H3. The third kappa shape index (κ3) is 3.48. The molecule has 0 aromatic heterocycles. The molecule has 2 saturated heterocycles. The van der Waals surface area contributed by atoms with Crippen molar-refractivity contribution in [1.82, 2.24) is 0 Å². The second-order valence-corrected chi connectivity index (χ2v) is 11.5. The van der Waals surface area contributed by atoms with Gasteiger partial charge in [0.25, 0.3) is 0 Å². The summed E-state index contributed by atoms with van der Waals surface area (Å²) in [5, 5.41) is 14.0. The van der Waals surface area contributed by atoms with Crippen molar-refractivity contribution < 1.29 is 18.6 Å². The minimum atomic E-state index is -0.470. The van der Waals surface area contributed by atoms with Gasteiger partial charge in [-0.2, -0.15) is 5.26 Å². The molecule has 0 atom stereocenters. The number of rotatable bonds is 2. The molecule has 2 aliphatic heterocycles. The van der Waals surface area contributed by atoms with Gasteiger partial charge in [-0.3, -0.25) is 0 Å². The van der Waals surface area contributed by atoms with E-state index in [4.69, 9.17) is 18.6 Å². The van der Waals surface area contributed by atoms with Crippen LogP contribution < -0.4 is 10.9 Å². The summed E-state index contributed by atoms with van der Waals surface area (Å²) in [6, 6.07) is 16.7. The van der Waals surface area contributed by atoms with Gasteiger partial charge in [-0.15, -0.1) is 0 Å². The summed E-state index contributed by atoms with van der Waals surface area (Å²) in [4.78, 5) is 0. The third-order valence-electron chi connectivity index (χ3n) is 8.17. The highest BCUT2D eigenvalue weighted by Crippen LogP contribution is 2.38. The monoisotopic (exact) mass is 455 g/mol. The molecule has 7 heteroatoms. The molecule has 0 saturated carbocycles. The maximum absolute atomic E-state index is 9.97. The largest absolute Gasteiger partial charge is 0.494 e. The molecule has 2 fully saturated rings. The lowest BCUT2D eigenvalue weighted by molar-refractivity contribution is 0.00578. The van der Waals surface area contributed by atoms with Crippen LogP contribution in [0.4, 0.5) is 0 Å². The van der Waals surface area contributed by atoms with Gasteiger partial charge in [0.15, 0.2) is 0 Å². The van der Waals surface area contributed by atoms with Crippen LogP contribution in [0, 0.1) is 11.3 Å². The summed E-state index contributed by atoms with van der Waals surface area (Å²) in [6.45, 7) is 16.4. The van der Waals surface area contributed by atoms with Crippen LogP contribution in [0.25, 0.3) is 21.5 Å². The smallest absolute Gasteiger partial charge is 0.399 e. The van der Waals surface area contributed by atoms with Crippen LogP contribution in [0.5, 0.6) is 0 Å². The van der Waals surface area contributed by atoms with Crippen molar-refractivity contribution in [3.05, 3.63) is 48.0 Å². The highest BCUT2D eigenvalue weighted by Gasteiger charge is 2.52. The fourth-order valence-corrected chi connectivity index (χ4v) is 4.54. The maximum atomic E-state index is 9.97. The molecular weight excluding hydrogens is 424 g/mol. The van der Waals surface area contributed by atoms with E-state index in [1.165, 1.54) is 0 Å². The fourth-order valence-electron chi connectivity index (χ4n) is 4.54. The Kier molecular flexibility index (Phi) is 5.03. The van der Waals surface area contributed by atoms with Crippen LogP contribution in [0.3, 0.4) is 0 Å². The molecule has 0 N–H and O–H groups in total. The van der Waals surface area contributed by atoms with Crippen molar-refractivity contribution in [2.24, 2.45) is 0 Å². The van der Waals surface area contributed by atoms with E-state index in [1.807, 2.05) is 73.6 Å². The van der Waals surface area contributed by atoms with Crippen molar-refractivity contribution in [3.63, 3.8) is 0 Å². The lowest BCUT2D eigenvalue weighted by Gasteiger charge is -2.32. The van der Waals surface area contributed by atoms with Gasteiger partial charge in [0.1, 0.15) is 0 Å². The Morgan fingerprint density at radius 3 is 1.50 bits per heavy atom. The normalized spacial score (nSPS) is 22.4. The molecule has 3 aromatic carbocycles. The third-order valence-corrected chi connectivity index (χ3v) is 8.17. The van der Waals surface area contributed by atoms with Gasteiger partial charge in [-0.05, 0) is 93.9 Å². The quantitative estimate of drug-likeness (QED) is 0.422. The summed E-state index contributed by atoms with van der Waals surface area (Å²) in [6.07, 6.45) is 0. The number of hydrogen-bond acceptors (Lipinski definition) is 5. The maximum Gasteiger partial charge on any atom is 0.494 e. The first kappa shape index (κ1) is 23.4. The van der Waals surface area contributed by atoms with Gasteiger partial charge >= 0.3 is 14.2 Å². The topological polar surface area (TPSA) is 60.7 Å². The number of nitriles is 1. The molecule has 0 unspecified atom stereocenters. The molecule has 0 radical (unpaired) electrons. The SMILES string of the molecule is CC1(C)OB(c2ccc3c(c2)cc(C#N)c2cc(B4OC(C)(C)C(C)(C)O4)ccc23)OC1(C)C. The average molecular weight is 455 g/mol. The van der Waals surface area contributed by atoms with Crippen molar-refractivity contribution in [2.75, 3.05) is 0 Å². The molecular formula is C27H31B2NO4. The number of nitrogens with zero attached hydrogens (tertiary/aromatic N) is 1. The Labute approximate surface area is 202 Å². The number of benzene rings is 3. The van der Waals surface area contributed by atoms with Gasteiger partial charge in [0.2, 0.25) is 0 Å². The van der Waals surface area contributed by atoms with E-state index in [0.717, 1.165) is 32.5 Å². The summed E-state index contributed by atoms with van der Waals surface area (Å²) >= 11 is 0. The van der Waals surface area contributed by atoms with Gasteiger partial charge in [0, 0.05) is 0 Å². The van der Waals surface area contributed by atoms with Crippen LogP contribution in [-0.2, 0) is 18.6 Å². The zero-order chi connectivity index (χ0) is 24.7. The van der Waals surface area contributed by atoms with Crippen molar-refractivity contribution >= 4 is 46.7 Å². The molecule has 0 aliphatic carbocycles.